The monoisotopic (exact) mass is 98.0 g/mol. The molecule has 2 radical (unpaired) electrons. The van der Waals surface area contributed by atoms with Gasteiger partial charge in [-0.1, -0.05) is 11.8 Å². The van der Waals surface area contributed by atoms with Crippen LogP contribution in [-0.2, 0) is 0 Å². The molecule has 0 aromatic carbocycles. The number of urea groups is 1. The zero-order valence-electron chi connectivity index (χ0n) is 3.85. The Morgan fingerprint density at radius 1 is 2.00 bits per heavy atom. The van der Waals surface area contributed by atoms with Crippen molar-refractivity contribution in [3.05, 3.63) is 12.7 Å². The van der Waals surface area contributed by atoms with Gasteiger partial charge in [-0.2, -0.15) is 0 Å². The van der Waals surface area contributed by atoms with Gasteiger partial charge in [0.25, 0.3) is 0 Å². The first kappa shape index (κ1) is 6.01. The molecule has 0 saturated carbocycles. The fourth-order valence-electron chi connectivity index (χ4n) is 0.159. The lowest BCUT2D eigenvalue weighted by Gasteiger charge is -1.87. The standard InChI is InChI=1S/C4H6N2O/c1-2-3-6-4(5)7/h2H,1,3H2,(H,6,7). The van der Waals surface area contributed by atoms with Crippen LogP contribution >= 0.6 is 0 Å². The van der Waals surface area contributed by atoms with Crippen molar-refractivity contribution >= 4 is 6.03 Å². The van der Waals surface area contributed by atoms with Crippen molar-refractivity contribution in [2.45, 2.75) is 0 Å². The lowest BCUT2D eigenvalue weighted by Crippen LogP contribution is -2.21. The minimum absolute atomic E-state index is 0.315. The van der Waals surface area contributed by atoms with Gasteiger partial charge < -0.3 is 5.32 Å². The first-order chi connectivity index (χ1) is 3.27. The van der Waals surface area contributed by atoms with E-state index in [-0.39, 0.29) is 0 Å². The largest absolute Gasteiger partial charge is 0.360 e. The molecule has 0 heterocycles. The molecule has 0 bridgehead atoms. The summed E-state index contributed by atoms with van der Waals surface area (Å²) in [5, 5.41) is 2.09. The van der Waals surface area contributed by atoms with Crippen LogP contribution in [0, 0.1) is 0 Å². The zero-order valence-corrected chi connectivity index (χ0v) is 3.85. The molecule has 0 unspecified atom stereocenters. The number of nitrogens with one attached hydrogen (secondary N) is 1. The number of carbonyl (C=O) groups excluding carboxylic acids is 1. The van der Waals surface area contributed by atoms with Crippen LogP contribution < -0.4 is 11.1 Å². The van der Waals surface area contributed by atoms with Gasteiger partial charge in [-0.15, -0.1) is 6.58 Å². The minimum atomic E-state index is -1.01. The fourth-order valence-corrected chi connectivity index (χ4v) is 0.159. The quantitative estimate of drug-likeness (QED) is 0.484. The Balaban J connectivity index is 2.97. The van der Waals surface area contributed by atoms with Gasteiger partial charge in [0.05, 0.1) is 0 Å². The summed E-state index contributed by atoms with van der Waals surface area (Å²) in [4.78, 5) is 9.60. The summed E-state index contributed by atoms with van der Waals surface area (Å²) in [6, 6.07) is -1.01. The van der Waals surface area contributed by atoms with E-state index in [0.29, 0.717) is 6.54 Å². The molecule has 0 aromatic rings. The van der Waals surface area contributed by atoms with Gasteiger partial charge in [0, 0.05) is 6.54 Å². The van der Waals surface area contributed by atoms with Crippen LogP contribution in [0.1, 0.15) is 0 Å². The number of carbonyl (C=O) groups is 1. The van der Waals surface area contributed by atoms with E-state index in [1.807, 2.05) is 0 Å². The highest BCUT2D eigenvalue weighted by atomic mass is 16.2. The molecule has 0 saturated heterocycles. The first-order valence-electron chi connectivity index (χ1n) is 1.85. The second-order valence-corrected chi connectivity index (χ2v) is 0.975. The third kappa shape index (κ3) is 5.01. The molecule has 2 amide bonds. The van der Waals surface area contributed by atoms with Crippen molar-refractivity contribution in [3.63, 3.8) is 0 Å². The molecular formula is C4H6N2O. The Labute approximate surface area is 42.2 Å². The van der Waals surface area contributed by atoms with Crippen LogP contribution in [0.15, 0.2) is 12.7 Å². The van der Waals surface area contributed by atoms with Crippen molar-refractivity contribution in [1.29, 1.82) is 0 Å². The summed E-state index contributed by atoms with van der Waals surface area (Å²) >= 11 is 0. The topological polar surface area (TPSA) is 51.4 Å². The number of hydrogen-bond donors (Lipinski definition) is 1. The minimum Gasteiger partial charge on any atom is -0.331 e. The molecule has 7 heavy (non-hydrogen) atoms. The molecule has 3 heteroatoms. The molecule has 0 aliphatic rings. The highest BCUT2D eigenvalue weighted by Crippen LogP contribution is 1.58. The molecule has 0 rings (SSSR count). The maximum Gasteiger partial charge on any atom is 0.360 e. The summed E-state index contributed by atoms with van der Waals surface area (Å²) in [6.45, 7) is 3.62. The van der Waals surface area contributed by atoms with Gasteiger partial charge in [0.1, 0.15) is 0 Å². The average Bonchev–Trinajstić information content (AvgIpc) is 1.61. The molecule has 0 aromatic heterocycles. The predicted molar refractivity (Wildman–Crippen MR) is 25.7 cm³/mol. The van der Waals surface area contributed by atoms with Crippen LogP contribution in [-0.4, -0.2) is 12.6 Å². The van der Waals surface area contributed by atoms with E-state index in [1.54, 1.807) is 0 Å². The summed E-state index contributed by atoms with van der Waals surface area (Å²) in [6.07, 6.45) is 1.48. The van der Waals surface area contributed by atoms with E-state index in [2.05, 4.69) is 11.9 Å². The second kappa shape index (κ2) is 3.21. The fraction of sp³-hybridized carbons (Fsp3) is 0.250. The van der Waals surface area contributed by atoms with Gasteiger partial charge in [0.15, 0.2) is 0 Å². The molecule has 0 aliphatic carbocycles. The number of amides is 2. The van der Waals surface area contributed by atoms with Crippen LogP contribution in [0.2, 0.25) is 0 Å². The van der Waals surface area contributed by atoms with Crippen LogP contribution in [0.5, 0.6) is 0 Å². The molecule has 1 N–H and O–H groups in total. The van der Waals surface area contributed by atoms with Crippen molar-refractivity contribution in [3.8, 4) is 0 Å². The Morgan fingerprint density at radius 2 is 2.57 bits per heavy atom. The predicted octanol–water partition coefficient (Wildman–Crippen LogP) is -0.0493. The summed E-state index contributed by atoms with van der Waals surface area (Å²) in [5.74, 6) is 0. The van der Waals surface area contributed by atoms with Gasteiger partial charge in [0.2, 0.25) is 0 Å². The summed E-state index contributed by atoms with van der Waals surface area (Å²) in [5.41, 5.74) is 7.89. The van der Waals surface area contributed by atoms with E-state index < -0.39 is 6.03 Å². The number of nitrogens with zero attached hydrogens (tertiary/aromatic N) is 1. The zero-order chi connectivity index (χ0) is 5.70. The molecular weight excluding hydrogens is 92.1 g/mol. The SMILES string of the molecule is C=CCNC([N])=O. The Morgan fingerprint density at radius 3 is 2.71 bits per heavy atom. The van der Waals surface area contributed by atoms with Gasteiger partial charge >= 0.3 is 6.03 Å². The van der Waals surface area contributed by atoms with Gasteiger partial charge in [-0.25, -0.2) is 4.79 Å². The Kier molecular flexibility index (Phi) is 2.76. The molecule has 3 nitrogen and oxygen atoms in total. The van der Waals surface area contributed by atoms with E-state index >= 15 is 0 Å². The number of rotatable bonds is 2. The van der Waals surface area contributed by atoms with E-state index in [1.165, 1.54) is 6.08 Å². The summed E-state index contributed by atoms with van der Waals surface area (Å²) < 4.78 is 0. The van der Waals surface area contributed by atoms with E-state index in [4.69, 9.17) is 5.73 Å². The Bertz CT molecular complexity index is 79.8. The average molecular weight is 98.1 g/mol. The van der Waals surface area contributed by atoms with Gasteiger partial charge in [-0.05, 0) is 0 Å². The maximum atomic E-state index is 9.60. The molecule has 0 spiro atoms. The lowest BCUT2D eigenvalue weighted by atomic mass is 10.6. The third-order valence-electron chi connectivity index (χ3n) is 0.398. The normalized spacial score (nSPS) is 7.43. The van der Waals surface area contributed by atoms with Gasteiger partial charge in [-0.3, -0.25) is 0 Å². The van der Waals surface area contributed by atoms with Crippen molar-refractivity contribution in [2.75, 3.05) is 6.54 Å². The molecule has 0 fully saturated rings. The molecule has 0 aliphatic heterocycles. The van der Waals surface area contributed by atoms with Crippen LogP contribution in [0.25, 0.3) is 0 Å². The van der Waals surface area contributed by atoms with Crippen molar-refractivity contribution < 1.29 is 4.79 Å². The van der Waals surface area contributed by atoms with Crippen LogP contribution in [0.4, 0.5) is 4.79 Å². The highest BCUT2D eigenvalue weighted by Gasteiger charge is 1.85. The molecule has 0 atom stereocenters. The molecule has 38 valence electrons. The highest BCUT2D eigenvalue weighted by molar-refractivity contribution is 5.70. The Hall–Kier alpha value is -0.990. The van der Waals surface area contributed by atoms with E-state index in [9.17, 15) is 4.79 Å². The van der Waals surface area contributed by atoms with Crippen LogP contribution in [0.3, 0.4) is 0 Å². The van der Waals surface area contributed by atoms with Crippen molar-refractivity contribution in [2.24, 2.45) is 0 Å². The third-order valence-corrected chi connectivity index (χ3v) is 0.398. The van der Waals surface area contributed by atoms with Crippen molar-refractivity contribution in [1.82, 2.24) is 11.1 Å². The second-order valence-electron chi connectivity index (χ2n) is 0.975. The lowest BCUT2D eigenvalue weighted by molar-refractivity contribution is 0.248. The first-order valence-corrected chi connectivity index (χ1v) is 1.85. The number of hydrogen-bond acceptors (Lipinski definition) is 1. The van der Waals surface area contributed by atoms with E-state index in [0.717, 1.165) is 0 Å². The summed E-state index contributed by atoms with van der Waals surface area (Å²) in [7, 11) is 0. The smallest absolute Gasteiger partial charge is 0.331 e. The maximum absolute atomic E-state index is 9.60.